The molecule has 0 N–H and O–H groups in total. The normalized spacial score (nSPS) is 18.0. The number of hydrogen-bond acceptors (Lipinski definition) is 5. The predicted molar refractivity (Wildman–Crippen MR) is 102 cm³/mol. The number of ether oxygens (including phenoxy) is 2. The van der Waals surface area contributed by atoms with Crippen molar-refractivity contribution in [3.05, 3.63) is 63.5 Å². The maximum Gasteiger partial charge on any atom is 0.387 e. The van der Waals surface area contributed by atoms with Gasteiger partial charge in [0.25, 0.3) is 0 Å². The summed E-state index contributed by atoms with van der Waals surface area (Å²) in [4.78, 5) is 29.8. The maximum absolute atomic E-state index is 15.0. The lowest BCUT2D eigenvalue weighted by Gasteiger charge is -2.22. The highest BCUT2D eigenvalue weighted by Crippen LogP contribution is 2.47. The van der Waals surface area contributed by atoms with Gasteiger partial charge >= 0.3 is 12.6 Å². The van der Waals surface area contributed by atoms with Gasteiger partial charge in [-0.05, 0) is 35.0 Å². The van der Waals surface area contributed by atoms with Gasteiger partial charge in [-0.1, -0.05) is 6.07 Å². The summed E-state index contributed by atoms with van der Waals surface area (Å²) >= 11 is 3.03. The predicted octanol–water partition coefficient (Wildman–Crippen LogP) is 4.48. The zero-order valence-corrected chi connectivity index (χ0v) is 17.3. The van der Waals surface area contributed by atoms with Gasteiger partial charge in [0.05, 0.1) is 22.7 Å². The molecule has 2 atom stereocenters. The van der Waals surface area contributed by atoms with Crippen molar-refractivity contribution >= 4 is 33.3 Å². The fraction of sp³-hybridized carbons (Fsp3) is 0.250. The molecule has 0 fully saturated rings. The third kappa shape index (κ3) is 3.46. The van der Waals surface area contributed by atoms with Crippen LogP contribution in [-0.2, 0) is 9.53 Å². The molecule has 0 aliphatic heterocycles. The third-order valence-electron chi connectivity index (χ3n) is 4.93. The largest absolute Gasteiger partial charge is 0.465 e. The summed E-state index contributed by atoms with van der Waals surface area (Å²) in [5.74, 6) is -6.87. The zero-order chi connectivity index (χ0) is 22.4. The van der Waals surface area contributed by atoms with Gasteiger partial charge in [-0.3, -0.25) is 9.59 Å². The van der Waals surface area contributed by atoms with E-state index in [1.807, 2.05) is 0 Å². The molecule has 0 bridgehead atoms. The average molecular weight is 501 g/mol. The number of aromatic nitrogens is 2. The van der Waals surface area contributed by atoms with Gasteiger partial charge in [0, 0.05) is 17.8 Å². The van der Waals surface area contributed by atoms with Crippen LogP contribution in [0, 0.1) is 17.6 Å². The summed E-state index contributed by atoms with van der Waals surface area (Å²) in [5.41, 5.74) is -0.552. The third-order valence-corrected chi connectivity index (χ3v) is 5.51. The van der Waals surface area contributed by atoms with Crippen molar-refractivity contribution in [1.29, 1.82) is 0 Å². The SMILES string of the molecule is CCOC(=O)C1C(=O)c2nc3cc(F)c(Br)cn3c2C1c1c(F)cccc1OC(F)F. The lowest BCUT2D eigenvalue weighted by atomic mass is 9.86. The minimum Gasteiger partial charge on any atom is -0.465 e. The molecule has 1 aliphatic rings. The van der Waals surface area contributed by atoms with Crippen molar-refractivity contribution < 1.29 is 36.6 Å². The number of halogens is 5. The van der Waals surface area contributed by atoms with E-state index in [2.05, 4.69) is 25.7 Å². The fourth-order valence-corrected chi connectivity index (χ4v) is 4.11. The highest BCUT2D eigenvalue weighted by atomic mass is 79.9. The van der Waals surface area contributed by atoms with Crippen LogP contribution in [0.1, 0.15) is 34.6 Å². The van der Waals surface area contributed by atoms with Crippen molar-refractivity contribution in [2.24, 2.45) is 5.92 Å². The van der Waals surface area contributed by atoms with Gasteiger partial charge in [0.2, 0.25) is 0 Å². The highest BCUT2D eigenvalue weighted by Gasteiger charge is 2.51. The molecule has 162 valence electrons. The molecule has 31 heavy (non-hydrogen) atoms. The summed E-state index contributed by atoms with van der Waals surface area (Å²) in [5, 5.41) is 0. The topological polar surface area (TPSA) is 69.9 Å². The number of benzene rings is 1. The van der Waals surface area contributed by atoms with Crippen molar-refractivity contribution in [1.82, 2.24) is 9.38 Å². The fourth-order valence-electron chi connectivity index (χ4n) is 3.79. The summed E-state index contributed by atoms with van der Waals surface area (Å²) < 4.78 is 65.7. The number of pyridine rings is 1. The molecular formula is C20H13BrF4N2O4. The van der Waals surface area contributed by atoms with Gasteiger partial charge in [-0.25, -0.2) is 13.8 Å². The first-order chi connectivity index (χ1) is 14.7. The molecule has 2 unspecified atom stereocenters. The van der Waals surface area contributed by atoms with Crippen molar-refractivity contribution in [2.45, 2.75) is 19.5 Å². The van der Waals surface area contributed by atoms with Crippen LogP contribution in [0.25, 0.3) is 5.65 Å². The Hall–Kier alpha value is -2.95. The second-order valence-electron chi connectivity index (χ2n) is 6.64. The number of fused-ring (bicyclic) bond motifs is 3. The summed E-state index contributed by atoms with van der Waals surface area (Å²) in [7, 11) is 0. The van der Waals surface area contributed by atoms with Crippen LogP contribution in [0.2, 0.25) is 0 Å². The number of carbonyl (C=O) groups excluding carboxylic acids is 2. The minimum atomic E-state index is -3.27. The number of nitrogens with zero attached hydrogens (tertiary/aromatic N) is 2. The Labute approximate surface area is 180 Å². The second kappa shape index (κ2) is 7.95. The Morgan fingerprint density at radius 1 is 1.29 bits per heavy atom. The van der Waals surface area contributed by atoms with Gasteiger partial charge in [-0.2, -0.15) is 8.78 Å². The number of alkyl halides is 2. The van der Waals surface area contributed by atoms with E-state index < -0.39 is 53.1 Å². The van der Waals surface area contributed by atoms with E-state index in [-0.39, 0.29) is 28.1 Å². The molecule has 11 heteroatoms. The lowest BCUT2D eigenvalue weighted by molar-refractivity contribution is -0.146. The molecule has 1 aliphatic carbocycles. The van der Waals surface area contributed by atoms with E-state index in [1.54, 1.807) is 0 Å². The standard InChI is InChI=1S/C20H13BrF4N2O4/c1-2-30-19(29)15-14(13-9(22)4-3-5-11(13)31-20(24)25)17-16(18(15)28)26-12-6-10(23)8(21)7-27(12)17/h3-7,14-15,20H,2H2,1H3. The molecule has 0 saturated carbocycles. The first-order valence-electron chi connectivity index (χ1n) is 9.05. The average Bonchev–Trinajstić information content (AvgIpc) is 3.17. The number of esters is 1. The van der Waals surface area contributed by atoms with E-state index in [0.717, 1.165) is 24.3 Å². The summed E-state index contributed by atoms with van der Waals surface area (Å²) in [6, 6.07) is 4.31. The van der Waals surface area contributed by atoms with Crippen LogP contribution < -0.4 is 4.74 Å². The maximum atomic E-state index is 15.0. The molecule has 1 aromatic carbocycles. The number of ketones is 1. The molecule has 3 aromatic rings. The molecule has 0 saturated heterocycles. The van der Waals surface area contributed by atoms with Crippen LogP contribution in [-0.4, -0.2) is 34.4 Å². The first kappa shape index (κ1) is 21.3. The second-order valence-corrected chi connectivity index (χ2v) is 7.50. The Morgan fingerprint density at radius 2 is 2.03 bits per heavy atom. The summed E-state index contributed by atoms with van der Waals surface area (Å²) in [6.45, 7) is -1.81. The molecule has 2 heterocycles. The van der Waals surface area contributed by atoms with Crippen LogP contribution in [0.5, 0.6) is 5.75 Å². The van der Waals surface area contributed by atoms with Gasteiger partial charge < -0.3 is 13.9 Å². The lowest BCUT2D eigenvalue weighted by Crippen LogP contribution is -2.28. The Balaban J connectivity index is 2.02. The van der Waals surface area contributed by atoms with Gasteiger partial charge in [-0.15, -0.1) is 0 Å². The van der Waals surface area contributed by atoms with E-state index in [9.17, 15) is 27.2 Å². The van der Waals surface area contributed by atoms with E-state index >= 15 is 0 Å². The molecule has 0 spiro atoms. The summed E-state index contributed by atoms with van der Waals surface area (Å²) in [6.07, 6.45) is 1.26. The highest BCUT2D eigenvalue weighted by molar-refractivity contribution is 9.10. The van der Waals surface area contributed by atoms with Crippen molar-refractivity contribution in [3.63, 3.8) is 0 Å². The van der Waals surface area contributed by atoms with Gasteiger partial charge in [0.1, 0.15) is 34.6 Å². The van der Waals surface area contributed by atoms with Crippen LogP contribution in [0.4, 0.5) is 17.6 Å². The Kier molecular flexibility index (Phi) is 5.46. The number of hydrogen-bond donors (Lipinski definition) is 0. The molecule has 6 nitrogen and oxygen atoms in total. The number of imidazole rings is 1. The quantitative estimate of drug-likeness (QED) is 0.293. The minimum absolute atomic E-state index is 0.0172. The number of Topliss-reactive ketones (excluding diaryl/α,β-unsaturated/α-hetero) is 1. The van der Waals surface area contributed by atoms with Crippen molar-refractivity contribution in [3.8, 4) is 5.75 Å². The van der Waals surface area contributed by atoms with Crippen LogP contribution in [0.3, 0.4) is 0 Å². The van der Waals surface area contributed by atoms with E-state index in [4.69, 9.17) is 4.74 Å². The zero-order valence-electron chi connectivity index (χ0n) is 15.7. The monoisotopic (exact) mass is 500 g/mol. The smallest absolute Gasteiger partial charge is 0.387 e. The van der Waals surface area contributed by atoms with Crippen molar-refractivity contribution in [2.75, 3.05) is 6.61 Å². The Morgan fingerprint density at radius 3 is 2.71 bits per heavy atom. The Bertz CT molecular complexity index is 1210. The van der Waals surface area contributed by atoms with E-state index in [0.29, 0.717) is 0 Å². The number of carbonyl (C=O) groups is 2. The molecule has 4 rings (SSSR count). The van der Waals surface area contributed by atoms with Gasteiger partial charge in [0.15, 0.2) is 5.78 Å². The van der Waals surface area contributed by atoms with E-state index in [1.165, 1.54) is 17.5 Å². The first-order valence-corrected chi connectivity index (χ1v) is 9.85. The molecule has 2 aromatic heterocycles. The molecule has 0 radical (unpaired) electrons. The molecular weight excluding hydrogens is 488 g/mol. The van der Waals surface area contributed by atoms with Crippen LogP contribution in [0.15, 0.2) is 34.9 Å². The van der Waals surface area contributed by atoms with Crippen LogP contribution >= 0.6 is 15.9 Å². The number of rotatable bonds is 5. The molecule has 0 amide bonds.